The molecular weight excluding hydrogens is 248 g/mol. The van der Waals surface area contributed by atoms with E-state index >= 15 is 0 Å². The number of carboxylic acid groups (broad SMARTS) is 1. The topological polar surface area (TPSA) is 98.7 Å². The molecule has 0 radical (unpaired) electrons. The molecule has 0 fully saturated rings. The molecule has 0 saturated heterocycles. The lowest BCUT2D eigenvalue weighted by molar-refractivity contribution is -0.115. The Morgan fingerprint density at radius 3 is 2.37 bits per heavy atom. The van der Waals surface area contributed by atoms with Crippen LogP contribution in [0.15, 0.2) is 18.2 Å². The average Bonchev–Trinajstić information content (AvgIpc) is 2.25. The third-order valence-corrected chi connectivity index (χ3v) is 2.29. The summed E-state index contributed by atoms with van der Waals surface area (Å²) in [5.74, 6) is -1.86. The first-order chi connectivity index (χ1) is 8.69. The minimum atomic E-state index is -1.22. The van der Waals surface area contributed by atoms with Crippen LogP contribution in [0.4, 0.5) is 5.69 Å². The van der Waals surface area contributed by atoms with Crippen molar-refractivity contribution in [1.82, 2.24) is 5.32 Å². The molecule has 0 atom stereocenters. The number of hydrogen-bond acceptors (Lipinski definition) is 4. The van der Waals surface area contributed by atoms with Gasteiger partial charge in [-0.3, -0.25) is 4.79 Å². The van der Waals surface area contributed by atoms with Gasteiger partial charge in [0.2, 0.25) is 5.91 Å². The predicted octanol–water partition coefficient (Wildman–Crippen LogP) is 1.42. The predicted molar refractivity (Wildman–Crippen MR) is 71.5 cm³/mol. The van der Waals surface area contributed by atoms with Crippen LogP contribution in [-0.2, 0) is 4.79 Å². The van der Waals surface area contributed by atoms with Gasteiger partial charge < -0.3 is 20.8 Å². The first-order valence-electron chi connectivity index (χ1n) is 5.80. The summed E-state index contributed by atoms with van der Waals surface area (Å²) < 4.78 is 0. The number of aromatic hydroxyl groups is 1. The largest absolute Gasteiger partial charge is 0.507 e. The minimum Gasteiger partial charge on any atom is -0.507 e. The van der Waals surface area contributed by atoms with Crippen LogP contribution < -0.4 is 10.6 Å². The highest BCUT2D eigenvalue weighted by Gasteiger charge is 2.13. The molecule has 0 unspecified atom stereocenters. The van der Waals surface area contributed by atoms with Crippen LogP contribution in [-0.4, -0.2) is 34.2 Å². The highest BCUT2D eigenvalue weighted by Crippen LogP contribution is 2.21. The summed E-state index contributed by atoms with van der Waals surface area (Å²) in [6.07, 6.45) is 0. The van der Waals surface area contributed by atoms with E-state index in [1.54, 1.807) is 0 Å². The molecule has 0 aliphatic heterocycles. The SMILES string of the molecule is CC(C)(C)NCC(=O)Nc1ccc(C(=O)O)c(O)c1. The molecule has 0 saturated carbocycles. The van der Waals surface area contributed by atoms with Gasteiger partial charge in [-0.1, -0.05) is 0 Å². The van der Waals surface area contributed by atoms with Gasteiger partial charge in [-0.15, -0.1) is 0 Å². The van der Waals surface area contributed by atoms with E-state index in [0.29, 0.717) is 5.69 Å². The summed E-state index contributed by atoms with van der Waals surface area (Å²) in [6.45, 7) is 5.94. The lowest BCUT2D eigenvalue weighted by atomic mass is 10.1. The fourth-order valence-corrected chi connectivity index (χ4v) is 1.34. The number of carbonyl (C=O) groups is 2. The summed E-state index contributed by atoms with van der Waals surface area (Å²) in [4.78, 5) is 22.3. The van der Waals surface area contributed by atoms with Crippen LogP contribution in [0.25, 0.3) is 0 Å². The van der Waals surface area contributed by atoms with Gasteiger partial charge in [-0.05, 0) is 32.9 Å². The third kappa shape index (κ3) is 4.97. The van der Waals surface area contributed by atoms with Crippen LogP contribution in [0.1, 0.15) is 31.1 Å². The van der Waals surface area contributed by atoms with E-state index in [4.69, 9.17) is 5.11 Å². The van der Waals surface area contributed by atoms with E-state index in [1.165, 1.54) is 18.2 Å². The molecule has 1 amide bonds. The molecule has 6 nitrogen and oxygen atoms in total. The summed E-state index contributed by atoms with van der Waals surface area (Å²) in [6, 6.07) is 3.88. The molecule has 6 heteroatoms. The quantitative estimate of drug-likeness (QED) is 0.660. The van der Waals surface area contributed by atoms with Gasteiger partial charge in [-0.2, -0.15) is 0 Å². The standard InChI is InChI=1S/C13H18N2O4/c1-13(2,3)14-7-11(17)15-8-4-5-9(12(18)19)10(16)6-8/h4-6,14,16H,7H2,1-3H3,(H,15,17)(H,18,19). The number of anilines is 1. The molecule has 104 valence electrons. The monoisotopic (exact) mass is 266 g/mol. The first-order valence-corrected chi connectivity index (χ1v) is 5.80. The molecule has 0 aliphatic carbocycles. The second kappa shape index (κ2) is 5.71. The molecule has 1 rings (SSSR count). The van der Waals surface area contributed by atoms with Crippen LogP contribution in [0.3, 0.4) is 0 Å². The molecule has 0 aliphatic rings. The number of carbonyl (C=O) groups excluding carboxylic acids is 1. The lowest BCUT2D eigenvalue weighted by Gasteiger charge is -2.20. The highest BCUT2D eigenvalue weighted by atomic mass is 16.4. The Hall–Kier alpha value is -2.08. The lowest BCUT2D eigenvalue weighted by Crippen LogP contribution is -2.41. The Balaban J connectivity index is 2.65. The molecule has 4 N–H and O–H groups in total. The first kappa shape index (κ1) is 15.0. The zero-order chi connectivity index (χ0) is 14.6. The van der Waals surface area contributed by atoms with Crippen molar-refractivity contribution in [2.45, 2.75) is 26.3 Å². The second-order valence-corrected chi connectivity index (χ2v) is 5.19. The van der Waals surface area contributed by atoms with Crippen LogP contribution in [0.2, 0.25) is 0 Å². The molecular formula is C13H18N2O4. The zero-order valence-electron chi connectivity index (χ0n) is 11.2. The van der Waals surface area contributed by atoms with Crippen LogP contribution in [0, 0.1) is 0 Å². The van der Waals surface area contributed by atoms with E-state index in [1.807, 2.05) is 20.8 Å². The van der Waals surface area contributed by atoms with Crippen molar-refractivity contribution < 1.29 is 19.8 Å². The van der Waals surface area contributed by atoms with Gasteiger partial charge in [-0.25, -0.2) is 4.79 Å². The Morgan fingerprint density at radius 2 is 1.89 bits per heavy atom. The van der Waals surface area contributed by atoms with Gasteiger partial charge in [0.05, 0.1) is 6.54 Å². The van der Waals surface area contributed by atoms with Gasteiger partial charge in [0.25, 0.3) is 0 Å². The normalized spacial score (nSPS) is 11.1. The smallest absolute Gasteiger partial charge is 0.339 e. The average molecular weight is 266 g/mol. The Morgan fingerprint density at radius 1 is 1.26 bits per heavy atom. The van der Waals surface area contributed by atoms with E-state index in [0.717, 1.165) is 0 Å². The number of phenols is 1. The number of carboxylic acids is 1. The number of benzene rings is 1. The molecule has 0 heterocycles. The maximum absolute atomic E-state index is 11.6. The zero-order valence-corrected chi connectivity index (χ0v) is 11.2. The van der Waals surface area contributed by atoms with Crippen molar-refractivity contribution in [2.24, 2.45) is 0 Å². The maximum Gasteiger partial charge on any atom is 0.339 e. The summed E-state index contributed by atoms with van der Waals surface area (Å²) in [5.41, 5.74) is -0.0267. The molecule has 1 aromatic rings. The molecule has 0 bridgehead atoms. The van der Waals surface area contributed by atoms with Crippen LogP contribution in [0.5, 0.6) is 5.75 Å². The summed E-state index contributed by atoms with van der Waals surface area (Å²) >= 11 is 0. The number of rotatable bonds is 4. The van der Waals surface area contributed by atoms with E-state index in [2.05, 4.69) is 10.6 Å². The van der Waals surface area contributed by atoms with Crippen LogP contribution >= 0.6 is 0 Å². The van der Waals surface area contributed by atoms with Crippen molar-refractivity contribution in [3.05, 3.63) is 23.8 Å². The number of amides is 1. The Kier molecular flexibility index (Phi) is 4.50. The van der Waals surface area contributed by atoms with Gasteiger partial charge in [0, 0.05) is 17.3 Å². The van der Waals surface area contributed by atoms with Gasteiger partial charge >= 0.3 is 5.97 Å². The summed E-state index contributed by atoms with van der Waals surface area (Å²) in [5, 5.41) is 23.8. The Bertz CT molecular complexity index is 492. The molecule has 1 aromatic carbocycles. The minimum absolute atomic E-state index is 0.130. The van der Waals surface area contributed by atoms with Crippen molar-refractivity contribution in [3.63, 3.8) is 0 Å². The number of hydrogen-bond donors (Lipinski definition) is 4. The fraction of sp³-hybridized carbons (Fsp3) is 0.385. The van der Waals surface area contributed by atoms with Gasteiger partial charge in [0.1, 0.15) is 11.3 Å². The Labute approximate surface area is 111 Å². The molecule has 0 aromatic heterocycles. The van der Waals surface area contributed by atoms with Crippen molar-refractivity contribution in [1.29, 1.82) is 0 Å². The fourth-order valence-electron chi connectivity index (χ4n) is 1.34. The number of nitrogens with one attached hydrogen (secondary N) is 2. The van der Waals surface area contributed by atoms with E-state index in [-0.39, 0.29) is 29.3 Å². The second-order valence-electron chi connectivity index (χ2n) is 5.19. The highest BCUT2D eigenvalue weighted by molar-refractivity contribution is 5.95. The van der Waals surface area contributed by atoms with E-state index in [9.17, 15) is 14.7 Å². The molecule has 0 spiro atoms. The van der Waals surface area contributed by atoms with E-state index < -0.39 is 5.97 Å². The maximum atomic E-state index is 11.6. The molecule has 19 heavy (non-hydrogen) atoms. The van der Waals surface area contributed by atoms with Gasteiger partial charge in [0.15, 0.2) is 0 Å². The van der Waals surface area contributed by atoms with Crippen molar-refractivity contribution in [2.75, 3.05) is 11.9 Å². The third-order valence-electron chi connectivity index (χ3n) is 2.29. The van der Waals surface area contributed by atoms with Crippen molar-refractivity contribution >= 4 is 17.6 Å². The summed E-state index contributed by atoms with van der Waals surface area (Å²) in [7, 11) is 0. The number of aromatic carboxylic acids is 1. The van der Waals surface area contributed by atoms with Crippen molar-refractivity contribution in [3.8, 4) is 5.75 Å².